The molecule has 0 saturated carbocycles. The summed E-state index contributed by atoms with van der Waals surface area (Å²) in [6.07, 6.45) is 1.17. The number of carbonyl (C=O) groups excluding carboxylic acids is 2. The molecule has 2 aromatic rings. The van der Waals surface area contributed by atoms with Gasteiger partial charge in [-0.25, -0.2) is 0 Å². The van der Waals surface area contributed by atoms with E-state index in [1.54, 1.807) is 6.07 Å². The maximum atomic E-state index is 11.9. The molecule has 0 radical (unpaired) electrons. The average molecular weight is 326 g/mol. The SMILES string of the molecule is COCC(=O)Nc1cccc(CNC(=O)CCc2ccccc2)c1. The van der Waals surface area contributed by atoms with Crippen molar-refractivity contribution in [3.63, 3.8) is 0 Å². The predicted octanol–water partition coefficient (Wildman–Crippen LogP) is 2.52. The lowest BCUT2D eigenvalue weighted by Gasteiger charge is -2.08. The van der Waals surface area contributed by atoms with E-state index in [1.807, 2.05) is 48.5 Å². The summed E-state index contributed by atoms with van der Waals surface area (Å²) in [4.78, 5) is 23.4. The largest absolute Gasteiger partial charge is 0.375 e. The molecule has 0 aliphatic rings. The van der Waals surface area contributed by atoms with E-state index in [2.05, 4.69) is 10.6 Å². The first-order valence-electron chi connectivity index (χ1n) is 7.85. The fraction of sp³-hybridized carbons (Fsp3) is 0.263. The lowest BCUT2D eigenvalue weighted by atomic mass is 10.1. The third-order valence-corrected chi connectivity index (χ3v) is 3.46. The number of carbonyl (C=O) groups is 2. The number of hydrogen-bond donors (Lipinski definition) is 2. The molecular weight excluding hydrogens is 304 g/mol. The molecule has 2 aromatic carbocycles. The Balaban J connectivity index is 1.79. The van der Waals surface area contributed by atoms with E-state index in [4.69, 9.17) is 4.74 Å². The van der Waals surface area contributed by atoms with Crippen LogP contribution in [-0.4, -0.2) is 25.5 Å². The molecule has 2 amide bonds. The second-order valence-electron chi connectivity index (χ2n) is 5.44. The zero-order valence-electron chi connectivity index (χ0n) is 13.7. The molecule has 0 atom stereocenters. The van der Waals surface area contributed by atoms with Crippen LogP contribution in [0.3, 0.4) is 0 Å². The smallest absolute Gasteiger partial charge is 0.250 e. The molecule has 0 saturated heterocycles. The van der Waals surface area contributed by atoms with E-state index in [-0.39, 0.29) is 18.4 Å². The Morgan fingerprint density at radius 2 is 1.71 bits per heavy atom. The molecule has 0 aliphatic carbocycles. The second-order valence-corrected chi connectivity index (χ2v) is 5.44. The highest BCUT2D eigenvalue weighted by Gasteiger charge is 2.04. The van der Waals surface area contributed by atoms with Crippen molar-refractivity contribution >= 4 is 17.5 Å². The summed E-state index contributed by atoms with van der Waals surface area (Å²) >= 11 is 0. The molecule has 126 valence electrons. The van der Waals surface area contributed by atoms with Crippen LogP contribution in [0.1, 0.15) is 17.5 Å². The van der Waals surface area contributed by atoms with Crippen molar-refractivity contribution in [1.29, 1.82) is 0 Å². The topological polar surface area (TPSA) is 67.4 Å². The minimum Gasteiger partial charge on any atom is -0.375 e. The highest BCUT2D eigenvalue weighted by atomic mass is 16.5. The lowest BCUT2D eigenvalue weighted by Crippen LogP contribution is -2.23. The number of amides is 2. The van der Waals surface area contributed by atoms with Crippen LogP contribution in [0.15, 0.2) is 54.6 Å². The van der Waals surface area contributed by atoms with Gasteiger partial charge < -0.3 is 15.4 Å². The Hall–Kier alpha value is -2.66. The molecule has 24 heavy (non-hydrogen) atoms. The Morgan fingerprint density at radius 1 is 0.958 bits per heavy atom. The minimum atomic E-state index is -0.207. The maximum Gasteiger partial charge on any atom is 0.250 e. The van der Waals surface area contributed by atoms with Gasteiger partial charge >= 0.3 is 0 Å². The fourth-order valence-electron chi connectivity index (χ4n) is 2.28. The van der Waals surface area contributed by atoms with Crippen molar-refractivity contribution in [2.45, 2.75) is 19.4 Å². The third-order valence-electron chi connectivity index (χ3n) is 3.46. The number of nitrogens with one attached hydrogen (secondary N) is 2. The highest BCUT2D eigenvalue weighted by molar-refractivity contribution is 5.91. The Labute approximate surface area is 142 Å². The first-order chi connectivity index (χ1) is 11.7. The van der Waals surface area contributed by atoms with Gasteiger partial charge in [0.1, 0.15) is 6.61 Å². The van der Waals surface area contributed by atoms with Gasteiger partial charge in [0, 0.05) is 25.8 Å². The summed E-state index contributed by atoms with van der Waals surface area (Å²) in [6, 6.07) is 17.3. The maximum absolute atomic E-state index is 11.9. The van der Waals surface area contributed by atoms with Crippen LogP contribution in [0.25, 0.3) is 0 Å². The van der Waals surface area contributed by atoms with Crippen molar-refractivity contribution in [2.24, 2.45) is 0 Å². The first-order valence-corrected chi connectivity index (χ1v) is 7.85. The number of ether oxygens (including phenoxy) is 1. The molecule has 0 unspecified atom stereocenters. The number of rotatable bonds is 8. The first kappa shape index (κ1) is 17.7. The van der Waals surface area contributed by atoms with Crippen LogP contribution in [0.5, 0.6) is 0 Å². The van der Waals surface area contributed by atoms with Crippen LogP contribution in [0.2, 0.25) is 0 Å². The van der Waals surface area contributed by atoms with Gasteiger partial charge in [0.25, 0.3) is 0 Å². The quantitative estimate of drug-likeness (QED) is 0.783. The minimum absolute atomic E-state index is 0.00711. The molecule has 0 spiro atoms. The summed E-state index contributed by atoms with van der Waals surface area (Å²) in [5, 5.41) is 5.64. The molecule has 0 aliphatic heterocycles. The summed E-state index contributed by atoms with van der Waals surface area (Å²) < 4.78 is 4.78. The van der Waals surface area contributed by atoms with E-state index >= 15 is 0 Å². The molecule has 5 heteroatoms. The molecule has 0 fully saturated rings. The van der Waals surface area contributed by atoms with Gasteiger partial charge in [-0.15, -0.1) is 0 Å². The van der Waals surface area contributed by atoms with Gasteiger partial charge in [0.2, 0.25) is 11.8 Å². The summed E-state index contributed by atoms with van der Waals surface area (Å²) in [5.74, 6) is -0.200. The Kier molecular flexibility index (Phi) is 6.98. The van der Waals surface area contributed by atoms with Crippen LogP contribution in [-0.2, 0) is 27.3 Å². The number of methoxy groups -OCH3 is 1. The van der Waals surface area contributed by atoms with Crippen molar-refractivity contribution in [3.05, 3.63) is 65.7 Å². The van der Waals surface area contributed by atoms with Crippen LogP contribution in [0.4, 0.5) is 5.69 Å². The normalized spacial score (nSPS) is 10.2. The van der Waals surface area contributed by atoms with Gasteiger partial charge in [-0.3, -0.25) is 9.59 Å². The second kappa shape index (κ2) is 9.47. The van der Waals surface area contributed by atoms with E-state index in [1.165, 1.54) is 7.11 Å². The van der Waals surface area contributed by atoms with Crippen molar-refractivity contribution in [2.75, 3.05) is 19.0 Å². The molecular formula is C19H22N2O3. The van der Waals surface area contributed by atoms with E-state index in [0.29, 0.717) is 18.7 Å². The van der Waals surface area contributed by atoms with Crippen LogP contribution >= 0.6 is 0 Å². The fourth-order valence-corrected chi connectivity index (χ4v) is 2.28. The molecule has 2 N–H and O–H groups in total. The van der Waals surface area contributed by atoms with Crippen LogP contribution in [0, 0.1) is 0 Å². The third kappa shape index (κ3) is 6.22. The molecule has 0 aromatic heterocycles. The Bertz CT molecular complexity index is 671. The monoisotopic (exact) mass is 326 g/mol. The van der Waals surface area contributed by atoms with Gasteiger partial charge in [0.15, 0.2) is 0 Å². The standard InChI is InChI=1S/C19H22N2O3/c1-24-14-19(23)21-17-9-5-8-16(12-17)13-20-18(22)11-10-15-6-3-2-4-7-15/h2-9,12H,10-11,13-14H2,1H3,(H,20,22)(H,21,23). The number of hydrogen-bond acceptors (Lipinski definition) is 3. The van der Waals surface area contributed by atoms with Crippen molar-refractivity contribution in [1.82, 2.24) is 5.32 Å². The van der Waals surface area contributed by atoms with Crippen LogP contribution < -0.4 is 10.6 Å². The molecule has 2 rings (SSSR count). The van der Waals surface area contributed by atoms with Crippen molar-refractivity contribution in [3.8, 4) is 0 Å². The van der Waals surface area contributed by atoms with Gasteiger partial charge in [-0.1, -0.05) is 42.5 Å². The highest BCUT2D eigenvalue weighted by Crippen LogP contribution is 2.10. The van der Waals surface area contributed by atoms with E-state index in [9.17, 15) is 9.59 Å². The predicted molar refractivity (Wildman–Crippen MR) is 93.6 cm³/mol. The number of anilines is 1. The van der Waals surface area contributed by atoms with E-state index in [0.717, 1.165) is 17.5 Å². The summed E-state index contributed by atoms with van der Waals surface area (Å²) in [6.45, 7) is 0.446. The van der Waals surface area contributed by atoms with E-state index < -0.39 is 0 Å². The lowest BCUT2D eigenvalue weighted by molar-refractivity contribution is -0.121. The van der Waals surface area contributed by atoms with Gasteiger partial charge in [-0.05, 0) is 29.7 Å². The summed E-state index contributed by atoms with van der Waals surface area (Å²) in [7, 11) is 1.47. The van der Waals surface area contributed by atoms with Gasteiger partial charge in [0.05, 0.1) is 0 Å². The molecule has 0 bridgehead atoms. The van der Waals surface area contributed by atoms with Gasteiger partial charge in [-0.2, -0.15) is 0 Å². The Morgan fingerprint density at radius 3 is 2.46 bits per heavy atom. The molecule has 5 nitrogen and oxygen atoms in total. The van der Waals surface area contributed by atoms with Crippen molar-refractivity contribution < 1.29 is 14.3 Å². The number of aryl methyl sites for hydroxylation is 1. The summed E-state index contributed by atoms with van der Waals surface area (Å²) in [5.41, 5.74) is 2.77. The zero-order chi connectivity index (χ0) is 17.2. The number of benzene rings is 2. The molecule has 0 heterocycles. The average Bonchev–Trinajstić information content (AvgIpc) is 2.59. The zero-order valence-corrected chi connectivity index (χ0v) is 13.7.